The molecular weight excluding hydrogens is 573 g/mol. The van der Waals surface area contributed by atoms with Gasteiger partial charge in [-0.2, -0.15) is 0 Å². The van der Waals surface area contributed by atoms with E-state index in [1.54, 1.807) is 0 Å². The monoisotopic (exact) mass is 648 g/mol. The lowest BCUT2D eigenvalue weighted by Gasteiger charge is -2.24. The fraction of sp³-hybridized carbons (Fsp3) is 0.972. The zero-order valence-corrected chi connectivity index (χ0v) is 30.0. The van der Waals surface area contributed by atoms with Gasteiger partial charge in [0.15, 0.2) is 0 Å². The van der Waals surface area contributed by atoms with Crippen LogP contribution in [0.4, 0.5) is 0 Å². The normalized spacial score (nSPS) is 13.3. The second-order valence-corrected chi connectivity index (χ2v) is 14.5. The number of aliphatic hydroxyl groups is 1. The molecule has 0 saturated heterocycles. The molecule has 0 unspecified atom stereocenters. The molecule has 0 radical (unpaired) electrons. The summed E-state index contributed by atoms with van der Waals surface area (Å²) in [7, 11) is -4.68. The van der Waals surface area contributed by atoms with Gasteiger partial charge in [-0.1, -0.05) is 187 Å². The first-order valence-corrected chi connectivity index (χ1v) is 20.5. The quantitative estimate of drug-likeness (QED) is 0.0402. The van der Waals surface area contributed by atoms with E-state index in [4.69, 9.17) is 9.79 Å². The maximum Gasteiger partial charge on any atom is 0.469 e. The first-order chi connectivity index (χ1) is 21.3. The van der Waals surface area contributed by atoms with Crippen molar-refractivity contribution in [3.63, 3.8) is 0 Å². The van der Waals surface area contributed by atoms with Crippen LogP contribution in [0.15, 0.2) is 0 Å². The first-order valence-electron chi connectivity index (χ1n) is 19.0. The number of unbranched alkanes of at least 4 members (excludes halogenated alkanes) is 26. The Morgan fingerprint density at radius 2 is 0.886 bits per heavy atom. The van der Waals surface area contributed by atoms with Gasteiger partial charge in [0.25, 0.3) is 0 Å². The van der Waals surface area contributed by atoms with E-state index < -0.39 is 26.6 Å². The third-order valence-electron chi connectivity index (χ3n) is 8.84. The standard InChI is InChI=1S/C36H74NO6P/c1-3-5-7-9-11-13-15-17-18-19-20-21-23-25-27-29-31-35(38)34(33-43-44(40,41)42)37-36(39)32-30-28-26-24-22-16-14-12-10-8-6-4-2/h34-35,38H,3-33H2,1-2H3,(H,37,39)(H2,40,41,42)/t34-,35+/m0/s1. The minimum atomic E-state index is -4.68. The van der Waals surface area contributed by atoms with Crippen LogP contribution in [-0.4, -0.2) is 39.6 Å². The summed E-state index contributed by atoms with van der Waals surface area (Å²) in [5, 5.41) is 13.5. The molecule has 0 bridgehead atoms. The average molecular weight is 648 g/mol. The van der Waals surface area contributed by atoms with Gasteiger partial charge < -0.3 is 20.2 Å². The third-order valence-corrected chi connectivity index (χ3v) is 9.33. The molecule has 44 heavy (non-hydrogen) atoms. The summed E-state index contributed by atoms with van der Waals surface area (Å²) < 4.78 is 15.9. The van der Waals surface area contributed by atoms with Crippen molar-refractivity contribution in [1.82, 2.24) is 5.32 Å². The van der Waals surface area contributed by atoms with Crippen LogP contribution in [0.2, 0.25) is 0 Å². The molecule has 0 saturated carbocycles. The molecule has 0 aromatic rings. The summed E-state index contributed by atoms with van der Waals surface area (Å²) in [6.07, 6.45) is 35.1. The molecule has 0 spiro atoms. The topological polar surface area (TPSA) is 116 Å². The molecule has 1 amide bonds. The van der Waals surface area contributed by atoms with Crippen LogP contribution in [0.5, 0.6) is 0 Å². The lowest BCUT2D eigenvalue weighted by Crippen LogP contribution is -2.46. The highest BCUT2D eigenvalue weighted by atomic mass is 31.2. The Kier molecular flexibility index (Phi) is 32.1. The predicted octanol–water partition coefficient (Wildman–Crippen LogP) is 10.7. The molecular formula is C36H74NO6P. The second kappa shape index (κ2) is 32.5. The summed E-state index contributed by atoms with van der Waals surface area (Å²) in [5.74, 6) is -0.192. The SMILES string of the molecule is CCCCCCCCCCCCCCCCCC[C@@H](O)[C@H](COP(=O)(O)O)NC(=O)CCCCCCCCCCCCCC. The lowest BCUT2D eigenvalue weighted by molar-refractivity contribution is -0.123. The van der Waals surface area contributed by atoms with Crippen molar-refractivity contribution in [2.75, 3.05) is 6.61 Å². The number of hydrogen-bond acceptors (Lipinski definition) is 4. The number of amides is 1. The van der Waals surface area contributed by atoms with E-state index in [0.29, 0.717) is 12.8 Å². The first kappa shape index (κ1) is 43.5. The molecule has 2 atom stereocenters. The number of aliphatic hydroxyl groups excluding tert-OH is 1. The van der Waals surface area contributed by atoms with Gasteiger partial charge in [0.05, 0.1) is 18.8 Å². The summed E-state index contributed by atoms with van der Waals surface area (Å²) >= 11 is 0. The van der Waals surface area contributed by atoms with Gasteiger partial charge in [0.1, 0.15) is 0 Å². The fourth-order valence-electron chi connectivity index (χ4n) is 5.93. The molecule has 4 N–H and O–H groups in total. The van der Waals surface area contributed by atoms with Crippen molar-refractivity contribution < 1.29 is 28.8 Å². The lowest BCUT2D eigenvalue weighted by atomic mass is 10.0. The van der Waals surface area contributed by atoms with Gasteiger partial charge in [0, 0.05) is 6.42 Å². The van der Waals surface area contributed by atoms with E-state index in [0.717, 1.165) is 38.5 Å². The largest absolute Gasteiger partial charge is 0.469 e. The Morgan fingerprint density at radius 1 is 0.568 bits per heavy atom. The number of phosphoric acid groups is 1. The minimum absolute atomic E-state index is 0.192. The van der Waals surface area contributed by atoms with Crippen LogP contribution in [0.1, 0.15) is 206 Å². The van der Waals surface area contributed by atoms with E-state index in [2.05, 4.69) is 23.7 Å². The summed E-state index contributed by atoms with van der Waals surface area (Å²) in [5.41, 5.74) is 0. The van der Waals surface area contributed by atoms with Crippen LogP contribution in [-0.2, 0) is 13.9 Å². The number of hydrogen-bond donors (Lipinski definition) is 4. The Bertz CT molecular complexity index is 659. The van der Waals surface area contributed by atoms with Gasteiger partial charge in [-0.05, 0) is 12.8 Å². The van der Waals surface area contributed by atoms with E-state index in [9.17, 15) is 14.5 Å². The van der Waals surface area contributed by atoms with Gasteiger partial charge in [-0.15, -0.1) is 0 Å². The predicted molar refractivity (Wildman–Crippen MR) is 186 cm³/mol. The number of carbonyl (C=O) groups excluding carboxylic acids is 1. The molecule has 0 fully saturated rings. The summed E-state index contributed by atoms with van der Waals surface area (Å²) in [6.45, 7) is 4.12. The van der Waals surface area contributed by atoms with Gasteiger partial charge >= 0.3 is 7.82 Å². The van der Waals surface area contributed by atoms with Crippen LogP contribution in [0, 0.1) is 0 Å². The molecule has 0 aliphatic heterocycles. The number of carbonyl (C=O) groups is 1. The van der Waals surface area contributed by atoms with E-state index in [1.165, 1.54) is 141 Å². The molecule has 7 nitrogen and oxygen atoms in total. The zero-order valence-electron chi connectivity index (χ0n) is 29.1. The molecule has 8 heteroatoms. The van der Waals surface area contributed by atoms with Crippen molar-refractivity contribution >= 4 is 13.7 Å². The summed E-state index contributed by atoms with van der Waals surface area (Å²) in [6, 6.07) is -0.816. The molecule has 0 aliphatic carbocycles. The van der Waals surface area contributed by atoms with Crippen LogP contribution >= 0.6 is 7.82 Å². The molecule has 0 aromatic carbocycles. The highest BCUT2D eigenvalue weighted by Gasteiger charge is 2.25. The van der Waals surface area contributed by atoms with E-state index in [-0.39, 0.29) is 5.91 Å². The third kappa shape index (κ3) is 32.9. The Balaban J connectivity index is 3.93. The molecule has 0 aliphatic rings. The molecule has 0 aromatic heterocycles. The Morgan fingerprint density at radius 3 is 1.23 bits per heavy atom. The highest BCUT2D eigenvalue weighted by Crippen LogP contribution is 2.36. The molecule has 0 heterocycles. The number of phosphoric ester groups is 1. The number of rotatable bonds is 35. The molecule has 264 valence electrons. The maximum atomic E-state index is 12.5. The number of nitrogens with one attached hydrogen (secondary N) is 1. The van der Waals surface area contributed by atoms with Crippen LogP contribution in [0.3, 0.4) is 0 Å². The maximum absolute atomic E-state index is 12.5. The Hall–Kier alpha value is -0.460. The fourth-order valence-corrected chi connectivity index (χ4v) is 6.29. The minimum Gasteiger partial charge on any atom is -0.391 e. The second-order valence-electron chi connectivity index (χ2n) is 13.3. The zero-order chi connectivity index (χ0) is 32.6. The van der Waals surface area contributed by atoms with Crippen molar-refractivity contribution in [2.24, 2.45) is 0 Å². The van der Waals surface area contributed by atoms with Crippen LogP contribution in [0.25, 0.3) is 0 Å². The molecule has 0 rings (SSSR count). The summed E-state index contributed by atoms with van der Waals surface area (Å²) in [4.78, 5) is 30.8. The van der Waals surface area contributed by atoms with Crippen LogP contribution < -0.4 is 5.32 Å². The van der Waals surface area contributed by atoms with E-state index >= 15 is 0 Å². The van der Waals surface area contributed by atoms with Gasteiger partial charge in [-0.3, -0.25) is 9.32 Å². The van der Waals surface area contributed by atoms with E-state index in [1.807, 2.05) is 0 Å². The van der Waals surface area contributed by atoms with Gasteiger partial charge in [0.2, 0.25) is 5.91 Å². The smallest absolute Gasteiger partial charge is 0.391 e. The van der Waals surface area contributed by atoms with Crippen molar-refractivity contribution in [2.45, 2.75) is 219 Å². The van der Waals surface area contributed by atoms with Gasteiger partial charge in [-0.25, -0.2) is 4.57 Å². The van der Waals surface area contributed by atoms with Crippen molar-refractivity contribution in [3.05, 3.63) is 0 Å². The van der Waals surface area contributed by atoms with Crippen molar-refractivity contribution in [3.8, 4) is 0 Å². The van der Waals surface area contributed by atoms with Crippen molar-refractivity contribution in [1.29, 1.82) is 0 Å². The Labute approximate surface area is 272 Å². The highest BCUT2D eigenvalue weighted by molar-refractivity contribution is 7.46. The average Bonchev–Trinajstić information content (AvgIpc) is 2.99.